The lowest BCUT2D eigenvalue weighted by molar-refractivity contribution is -0.143. The Bertz CT molecular complexity index is 1770. The van der Waals surface area contributed by atoms with Crippen LogP contribution in [0.25, 0.3) is 15.9 Å². The highest BCUT2D eigenvalue weighted by molar-refractivity contribution is 7.15. The van der Waals surface area contributed by atoms with Crippen molar-refractivity contribution < 1.29 is 19.1 Å². The summed E-state index contributed by atoms with van der Waals surface area (Å²) in [6.07, 6.45) is 0.699. The minimum atomic E-state index is -0.449. The maximum Gasteiger partial charge on any atom is 0.325 e. The maximum absolute atomic E-state index is 13.6. The molecule has 0 fully saturated rings. The zero-order valence-electron chi connectivity index (χ0n) is 22.2. The smallest absolute Gasteiger partial charge is 0.325 e. The van der Waals surface area contributed by atoms with Crippen LogP contribution in [0.5, 0.6) is 0 Å². The average Bonchev–Trinajstić information content (AvgIpc) is 3.66. The molecule has 0 radical (unpaired) electrons. The highest BCUT2D eigenvalue weighted by atomic mass is 35.5. The number of aryl methyl sites for hydroxylation is 1. The number of ketones is 1. The molecule has 0 spiro atoms. The third-order valence-electron chi connectivity index (χ3n) is 6.41. The number of nitrogens with zero attached hydrogens (tertiary/aromatic N) is 4. The summed E-state index contributed by atoms with van der Waals surface area (Å²) >= 11 is 14.2. The monoisotopic (exact) mass is 609 g/mol. The molecule has 3 heterocycles. The third kappa shape index (κ3) is 5.76. The number of halogens is 2. The number of carbonyl (C=O) groups excluding carboxylic acids is 3. The number of nitrogens with one attached hydrogen (secondary N) is 1. The molecular weight excluding hydrogens is 585 g/mol. The molecule has 0 saturated carbocycles. The fraction of sp³-hybridized carbons (Fsp3) is 0.207. The van der Waals surface area contributed by atoms with Gasteiger partial charge in [0.05, 0.1) is 23.7 Å². The lowest BCUT2D eigenvalue weighted by Gasteiger charge is -2.12. The van der Waals surface area contributed by atoms with Crippen LogP contribution in [0.3, 0.4) is 0 Å². The van der Waals surface area contributed by atoms with E-state index in [2.05, 4.69) is 15.5 Å². The molecule has 1 N–H and O–H groups in total. The molecule has 210 valence electrons. The van der Waals surface area contributed by atoms with E-state index in [0.717, 1.165) is 15.8 Å². The van der Waals surface area contributed by atoms with Crippen molar-refractivity contribution in [1.29, 1.82) is 0 Å². The van der Waals surface area contributed by atoms with Gasteiger partial charge in [-0.1, -0.05) is 48.9 Å². The van der Waals surface area contributed by atoms with Gasteiger partial charge in [-0.25, -0.2) is 0 Å². The van der Waals surface area contributed by atoms with Gasteiger partial charge in [-0.2, -0.15) is 0 Å². The van der Waals surface area contributed by atoms with Crippen molar-refractivity contribution >= 4 is 63.1 Å². The summed E-state index contributed by atoms with van der Waals surface area (Å²) in [4.78, 5) is 40.2. The van der Waals surface area contributed by atoms with Crippen LogP contribution < -0.4 is 5.32 Å². The van der Waals surface area contributed by atoms with Gasteiger partial charge in [0.25, 0.3) is 5.91 Å². The Balaban J connectivity index is 1.46. The number of hydrogen-bond donors (Lipinski definition) is 1. The van der Waals surface area contributed by atoms with Crippen LogP contribution in [0.1, 0.15) is 51.0 Å². The summed E-state index contributed by atoms with van der Waals surface area (Å²) in [5, 5.41) is 12.8. The molecule has 5 rings (SSSR count). The molecule has 0 saturated heterocycles. The second-order valence-electron chi connectivity index (χ2n) is 8.98. The molecule has 5 aromatic rings. The Labute approximate surface area is 249 Å². The molecule has 9 nitrogen and oxygen atoms in total. The van der Waals surface area contributed by atoms with Crippen molar-refractivity contribution in [2.24, 2.45) is 0 Å². The van der Waals surface area contributed by atoms with E-state index < -0.39 is 11.9 Å². The molecule has 2 aromatic carbocycles. The molecular formula is C29H25Cl2N5O4S. The second-order valence-corrected chi connectivity index (χ2v) is 10.8. The van der Waals surface area contributed by atoms with Crippen LogP contribution in [-0.2, 0) is 29.0 Å². The molecule has 1 amide bonds. The quantitative estimate of drug-likeness (QED) is 0.156. The zero-order valence-corrected chi connectivity index (χ0v) is 24.5. The number of amides is 1. The summed E-state index contributed by atoms with van der Waals surface area (Å²) in [7, 11) is 0. The first-order valence-corrected chi connectivity index (χ1v) is 14.4. The van der Waals surface area contributed by atoms with E-state index in [4.69, 9.17) is 27.9 Å². The van der Waals surface area contributed by atoms with Crippen LogP contribution in [0.4, 0.5) is 0 Å². The SMILES string of the molecule is CCOC(=O)Cn1c(C(=O)NCc2nnc(Cl)n2-c2sc(CC)cc2C(=O)c2ccccc2Cl)cc2ccccc21. The summed E-state index contributed by atoms with van der Waals surface area (Å²) in [6.45, 7) is 3.79. The van der Waals surface area contributed by atoms with Crippen molar-refractivity contribution in [3.05, 3.63) is 98.5 Å². The minimum absolute atomic E-state index is 0.0431. The number of rotatable bonds is 10. The summed E-state index contributed by atoms with van der Waals surface area (Å²) in [5.74, 6) is -0.808. The van der Waals surface area contributed by atoms with Crippen molar-refractivity contribution in [2.45, 2.75) is 33.4 Å². The normalized spacial score (nSPS) is 11.1. The van der Waals surface area contributed by atoms with Gasteiger partial charge < -0.3 is 14.6 Å². The highest BCUT2D eigenvalue weighted by Gasteiger charge is 2.25. The third-order valence-corrected chi connectivity index (χ3v) is 8.25. The maximum atomic E-state index is 13.6. The summed E-state index contributed by atoms with van der Waals surface area (Å²) < 4.78 is 8.29. The molecule has 0 aliphatic heterocycles. The van der Waals surface area contributed by atoms with Gasteiger partial charge >= 0.3 is 5.97 Å². The van der Waals surface area contributed by atoms with Gasteiger partial charge in [0.15, 0.2) is 11.6 Å². The van der Waals surface area contributed by atoms with E-state index in [1.54, 1.807) is 46.4 Å². The van der Waals surface area contributed by atoms with Gasteiger partial charge in [-0.05, 0) is 55.3 Å². The molecule has 12 heteroatoms. The first-order valence-electron chi connectivity index (χ1n) is 12.9. The highest BCUT2D eigenvalue weighted by Crippen LogP contribution is 2.33. The fourth-order valence-electron chi connectivity index (χ4n) is 4.49. The van der Waals surface area contributed by atoms with E-state index in [1.165, 1.54) is 11.3 Å². The standard InChI is InChI=1S/C29H25Cl2N5O4S/c1-3-18-14-20(26(38)19-10-6-7-11-21(19)30)28(41-18)36-24(33-34-29(36)31)15-32-27(39)23-13-17-9-5-8-12-22(17)35(23)16-25(37)40-4-2/h5-14H,3-4,15-16H2,1-2H3,(H,32,39). The average molecular weight is 611 g/mol. The Hall–Kier alpha value is -3.99. The summed E-state index contributed by atoms with van der Waals surface area (Å²) in [6, 6.07) is 17.8. The number of thiophene rings is 1. The number of carbonyl (C=O) groups is 3. The second kappa shape index (κ2) is 12.3. The number of benzene rings is 2. The lowest BCUT2D eigenvalue weighted by Crippen LogP contribution is -2.28. The van der Waals surface area contributed by atoms with Gasteiger partial charge in [-0.15, -0.1) is 21.5 Å². The van der Waals surface area contributed by atoms with Crippen LogP contribution in [-0.4, -0.2) is 43.6 Å². The molecule has 0 unspecified atom stereocenters. The van der Waals surface area contributed by atoms with E-state index in [1.807, 2.05) is 37.3 Å². The van der Waals surface area contributed by atoms with E-state index >= 15 is 0 Å². The Morgan fingerprint density at radius 3 is 2.49 bits per heavy atom. The van der Waals surface area contributed by atoms with Crippen molar-refractivity contribution in [2.75, 3.05) is 6.61 Å². The topological polar surface area (TPSA) is 108 Å². The van der Waals surface area contributed by atoms with Crippen molar-refractivity contribution in [3.63, 3.8) is 0 Å². The van der Waals surface area contributed by atoms with Gasteiger partial charge in [0, 0.05) is 21.3 Å². The van der Waals surface area contributed by atoms with Crippen molar-refractivity contribution in [1.82, 2.24) is 24.6 Å². The van der Waals surface area contributed by atoms with Gasteiger partial charge in [-0.3, -0.25) is 19.0 Å². The molecule has 0 aliphatic carbocycles. The molecule has 0 aliphatic rings. The first kappa shape index (κ1) is 28.5. The fourth-order valence-corrected chi connectivity index (χ4v) is 6.10. The van der Waals surface area contributed by atoms with Gasteiger partial charge in [0.1, 0.15) is 17.2 Å². The van der Waals surface area contributed by atoms with Crippen LogP contribution in [0, 0.1) is 0 Å². The predicted octanol–water partition coefficient (Wildman–Crippen LogP) is 5.88. The molecule has 0 bridgehead atoms. The van der Waals surface area contributed by atoms with Crippen LogP contribution in [0.2, 0.25) is 10.3 Å². The number of ether oxygens (including phenoxy) is 1. The van der Waals surface area contributed by atoms with E-state index in [-0.39, 0.29) is 36.5 Å². The lowest BCUT2D eigenvalue weighted by atomic mass is 10.0. The first-order chi connectivity index (χ1) is 19.8. The van der Waals surface area contributed by atoms with Crippen LogP contribution in [0.15, 0.2) is 60.7 Å². The predicted molar refractivity (Wildman–Crippen MR) is 158 cm³/mol. The Morgan fingerprint density at radius 2 is 1.73 bits per heavy atom. The number of para-hydroxylation sites is 1. The zero-order chi connectivity index (χ0) is 29.1. The Morgan fingerprint density at radius 1 is 0.976 bits per heavy atom. The van der Waals surface area contributed by atoms with E-state index in [9.17, 15) is 14.4 Å². The van der Waals surface area contributed by atoms with Crippen molar-refractivity contribution in [3.8, 4) is 5.00 Å². The van der Waals surface area contributed by atoms with E-state index in [0.29, 0.717) is 33.4 Å². The van der Waals surface area contributed by atoms with Crippen LogP contribution >= 0.6 is 34.5 Å². The minimum Gasteiger partial charge on any atom is -0.465 e. The van der Waals surface area contributed by atoms with Gasteiger partial charge in [0.2, 0.25) is 5.28 Å². The Kier molecular flexibility index (Phi) is 8.53. The molecule has 41 heavy (non-hydrogen) atoms. The summed E-state index contributed by atoms with van der Waals surface area (Å²) in [5.41, 5.74) is 1.79. The number of fused-ring (bicyclic) bond motifs is 1. The largest absolute Gasteiger partial charge is 0.465 e. The number of aromatic nitrogens is 4. The molecule has 3 aromatic heterocycles. The molecule has 0 atom stereocenters. The number of esters is 1. The number of hydrogen-bond acceptors (Lipinski definition) is 7.